The van der Waals surface area contributed by atoms with Crippen LogP contribution in [-0.4, -0.2) is 9.13 Å². The number of hydrogen-bond donors (Lipinski definition) is 0. The standard InChI is InChI=1S/C71H29F27N4/c72-63(73,74)42-5-6-51(41(21-42)31-100)62-60(101-56-7-1-33(37-13-43(64(75,76)77)26-44(14-37)65(78,79)80)22-52(56)53-23-34(2-8-57(53)101)38-15-45(66(81,82)83)27-46(16-38)67(84,85)86)11-32(30-99)12-61(62)102-58-9-3-35(39-17-47(68(87,88)89)28-48(18-39)69(90,91)92)24-54(58)55-25-36(4-10-59(55)102)40-19-49(70(93,94)95)29-50(20-40)71(96,97)98/h1-29H. The van der Waals surface area contributed by atoms with Gasteiger partial charge in [-0.2, -0.15) is 129 Å². The van der Waals surface area contributed by atoms with Crippen molar-refractivity contribution in [1.29, 1.82) is 10.5 Å². The van der Waals surface area contributed by atoms with Gasteiger partial charge in [0.1, 0.15) is 0 Å². The highest BCUT2D eigenvalue weighted by atomic mass is 19.4. The van der Waals surface area contributed by atoms with Crippen molar-refractivity contribution < 1.29 is 119 Å². The monoisotopic (exact) mass is 1450 g/mol. The van der Waals surface area contributed by atoms with Gasteiger partial charge in [0.25, 0.3) is 0 Å². The van der Waals surface area contributed by atoms with Crippen LogP contribution in [0.5, 0.6) is 0 Å². The Labute approximate surface area is 552 Å². The van der Waals surface area contributed by atoms with E-state index in [1.165, 1.54) is 0 Å². The molecule has 0 aliphatic carbocycles. The molecule has 0 amide bonds. The molecule has 2 heterocycles. The fourth-order valence-electron chi connectivity index (χ4n) is 12.1. The number of benzene rings is 10. The van der Waals surface area contributed by atoms with Gasteiger partial charge < -0.3 is 9.13 Å². The minimum Gasteiger partial charge on any atom is -0.308 e. The van der Waals surface area contributed by atoms with Crippen molar-refractivity contribution in [2.75, 3.05) is 0 Å². The summed E-state index contributed by atoms with van der Waals surface area (Å²) in [6, 6.07) is 20.1. The highest BCUT2D eigenvalue weighted by Gasteiger charge is 2.42. The largest absolute Gasteiger partial charge is 0.416 e. The maximum Gasteiger partial charge on any atom is 0.416 e. The van der Waals surface area contributed by atoms with E-state index in [0.29, 0.717) is 60.7 Å². The highest BCUT2D eigenvalue weighted by Crippen LogP contribution is 2.50. The number of aromatic nitrogens is 2. The van der Waals surface area contributed by atoms with Gasteiger partial charge in [0.2, 0.25) is 0 Å². The zero-order chi connectivity index (χ0) is 74.5. The minimum absolute atomic E-state index is 0.218. The molecule has 102 heavy (non-hydrogen) atoms. The number of rotatable bonds is 7. The molecule has 4 nitrogen and oxygen atoms in total. The molecule has 31 heteroatoms. The third kappa shape index (κ3) is 13.2. The quantitative estimate of drug-likeness (QED) is 0.149. The molecular weight excluding hydrogens is 1420 g/mol. The van der Waals surface area contributed by atoms with Crippen LogP contribution in [0.15, 0.2) is 176 Å². The molecule has 12 aromatic rings. The van der Waals surface area contributed by atoms with Crippen LogP contribution < -0.4 is 0 Å². The summed E-state index contributed by atoms with van der Waals surface area (Å²) >= 11 is 0. The van der Waals surface area contributed by atoms with E-state index in [4.69, 9.17) is 0 Å². The summed E-state index contributed by atoms with van der Waals surface area (Å²) in [4.78, 5) is 0. The average Bonchev–Trinajstić information content (AvgIpc) is 1.56. The fraction of sp³-hybridized carbons (Fsp3) is 0.127. The van der Waals surface area contributed by atoms with Gasteiger partial charge >= 0.3 is 55.6 Å². The molecule has 0 radical (unpaired) electrons. The van der Waals surface area contributed by atoms with Crippen molar-refractivity contribution >= 4 is 43.6 Å². The summed E-state index contributed by atoms with van der Waals surface area (Å²) in [5.41, 5.74) is -26.1. The van der Waals surface area contributed by atoms with E-state index in [-0.39, 0.29) is 67.9 Å². The third-order valence-electron chi connectivity index (χ3n) is 16.7. The van der Waals surface area contributed by atoms with Gasteiger partial charge in [-0.1, -0.05) is 30.3 Å². The Morgan fingerprint density at radius 1 is 0.225 bits per heavy atom. The molecule has 0 fully saturated rings. The summed E-state index contributed by atoms with van der Waals surface area (Å²) in [6.45, 7) is 0. The van der Waals surface area contributed by atoms with Crippen LogP contribution in [0.3, 0.4) is 0 Å². The zero-order valence-electron chi connectivity index (χ0n) is 49.7. The molecule has 0 saturated heterocycles. The minimum atomic E-state index is -5.46. The van der Waals surface area contributed by atoms with E-state index < -0.39 is 184 Å². The third-order valence-corrected chi connectivity index (χ3v) is 16.7. The molecule has 0 atom stereocenters. The first kappa shape index (κ1) is 70.7. The molecule has 0 N–H and O–H groups in total. The van der Waals surface area contributed by atoms with Crippen LogP contribution in [0, 0.1) is 22.7 Å². The topological polar surface area (TPSA) is 57.4 Å². The van der Waals surface area contributed by atoms with Crippen molar-refractivity contribution in [3.63, 3.8) is 0 Å². The number of nitriles is 2. The zero-order valence-corrected chi connectivity index (χ0v) is 49.7. The SMILES string of the molecule is N#Cc1cc(-n2c3ccc(-c4cc(C(F)(F)F)cc(C(F)(F)F)c4)cc3c3cc(-c4cc(C(F)(F)F)cc(C(F)(F)F)c4)ccc32)c(-c2ccc(C(F)(F)F)cc2C#N)c(-n2c3ccc(-c4cc(C(F)(F)F)cc(C(F)(F)F)c4)cc3c3cc(-c4cc(C(F)(F)F)cc(C(F)(F)F)c4)ccc32)c1. The van der Waals surface area contributed by atoms with Crippen molar-refractivity contribution in [3.8, 4) is 79.1 Å². The first-order valence-electron chi connectivity index (χ1n) is 28.7. The summed E-state index contributed by atoms with van der Waals surface area (Å²) in [7, 11) is 0. The Kier molecular flexibility index (Phi) is 16.5. The summed E-state index contributed by atoms with van der Waals surface area (Å²) < 4.78 is 392. The van der Waals surface area contributed by atoms with Gasteiger partial charge in [0.15, 0.2) is 0 Å². The van der Waals surface area contributed by atoms with E-state index in [9.17, 15) is 129 Å². The number of hydrogen-bond acceptors (Lipinski definition) is 2. The van der Waals surface area contributed by atoms with Gasteiger partial charge in [0.05, 0.1) is 107 Å². The maximum absolute atomic E-state index is 14.7. The molecule has 0 aliphatic heterocycles. The second-order valence-corrected chi connectivity index (χ2v) is 23.1. The Morgan fingerprint density at radius 2 is 0.461 bits per heavy atom. The van der Waals surface area contributed by atoms with E-state index in [2.05, 4.69) is 0 Å². The molecule has 10 aromatic carbocycles. The lowest BCUT2D eigenvalue weighted by molar-refractivity contribution is -0.144. The van der Waals surface area contributed by atoms with Crippen molar-refractivity contribution in [2.24, 2.45) is 0 Å². The van der Waals surface area contributed by atoms with Crippen LogP contribution in [0.4, 0.5) is 119 Å². The molecule has 0 saturated carbocycles. The first-order chi connectivity index (χ1) is 47.1. The van der Waals surface area contributed by atoms with Crippen molar-refractivity contribution in [3.05, 3.63) is 237 Å². The van der Waals surface area contributed by atoms with E-state index >= 15 is 0 Å². The van der Waals surface area contributed by atoms with Gasteiger partial charge in [0, 0.05) is 32.7 Å². The van der Waals surface area contributed by atoms with Gasteiger partial charge in [-0.25, -0.2) is 0 Å². The molecule has 522 valence electrons. The maximum atomic E-state index is 14.7. The van der Waals surface area contributed by atoms with E-state index in [1.807, 2.05) is 6.07 Å². The molecule has 0 spiro atoms. The second kappa shape index (κ2) is 23.8. The van der Waals surface area contributed by atoms with Gasteiger partial charge in [-0.15, -0.1) is 0 Å². The molecule has 0 bridgehead atoms. The molecule has 0 aliphatic rings. The Balaban J connectivity index is 1.25. The highest BCUT2D eigenvalue weighted by molar-refractivity contribution is 6.15. The predicted molar refractivity (Wildman–Crippen MR) is 317 cm³/mol. The summed E-state index contributed by atoms with van der Waals surface area (Å²) in [5, 5.41) is 20.5. The van der Waals surface area contributed by atoms with Crippen molar-refractivity contribution in [2.45, 2.75) is 55.6 Å². The van der Waals surface area contributed by atoms with E-state index in [0.717, 1.165) is 100 Å². The number of alkyl halides is 27. The smallest absolute Gasteiger partial charge is 0.308 e. The Morgan fingerprint density at radius 3 is 0.667 bits per heavy atom. The Hall–Kier alpha value is -11.1. The second-order valence-electron chi connectivity index (χ2n) is 23.1. The fourth-order valence-corrected chi connectivity index (χ4v) is 12.1. The van der Waals surface area contributed by atoms with Crippen LogP contribution >= 0.6 is 0 Å². The lowest BCUT2D eigenvalue weighted by Crippen LogP contribution is -2.11. The Bertz CT molecular complexity index is 4840. The molecule has 2 aromatic heterocycles. The predicted octanol–water partition coefficient (Wildman–Crippen LogP) is 25.1. The van der Waals surface area contributed by atoms with Gasteiger partial charge in [-0.05, 0) is 190 Å². The number of fused-ring (bicyclic) bond motifs is 6. The molecule has 12 rings (SSSR count). The summed E-state index contributed by atoms with van der Waals surface area (Å²) in [6.07, 6.45) is -48.9. The van der Waals surface area contributed by atoms with Crippen molar-refractivity contribution in [1.82, 2.24) is 9.13 Å². The van der Waals surface area contributed by atoms with Crippen LogP contribution in [0.2, 0.25) is 0 Å². The molecular formula is C71H29F27N4. The normalized spacial score (nSPS) is 13.2. The van der Waals surface area contributed by atoms with Gasteiger partial charge in [-0.3, -0.25) is 0 Å². The lowest BCUT2D eigenvalue weighted by atomic mass is 9.93. The number of nitrogens with zero attached hydrogens (tertiary/aromatic N) is 4. The average molecular weight is 1450 g/mol. The van der Waals surface area contributed by atoms with Crippen LogP contribution in [-0.2, 0) is 55.6 Å². The lowest BCUT2D eigenvalue weighted by Gasteiger charge is -2.22. The summed E-state index contributed by atoms with van der Waals surface area (Å²) in [5.74, 6) is 0. The van der Waals surface area contributed by atoms with E-state index in [1.54, 1.807) is 6.07 Å². The first-order valence-corrected chi connectivity index (χ1v) is 28.7. The van der Waals surface area contributed by atoms with Crippen LogP contribution in [0.25, 0.3) is 111 Å². The van der Waals surface area contributed by atoms with Crippen LogP contribution in [0.1, 0.15) is 61.2 Å². The number of halogens is 27. The molecule has 0 unspecified atom stereocenters.